The van der Waals surface area contributed by atoms with Gasteiger partial charge in [-0.2, -0.15) is 0 Å². The van der Waals surface area contributed by atoms with E-state index in [0.717, 1.165) is 18.6 Å². The van der Waals surface area contributed by atoms with Crippen LogP contribution in [0.25, 0.3) is 0 Å². The number of aliphatic hydroxyl groups is 2. The third-order valence-corrected chi connectivity index (χ3v) is 12.2. The lowest BCUT2D eigenvalue weighted by molar-refractivity contribution is -0.156. The number of amides is 4. The Morgan fingerprint density at radius 2 is 1.79 bits per heavy atom. The summed E-state index contributed by atoms with van der Waals surface area (Å²) in [7, 11) is 0. The first-order valence-electron chi connectivity index (χ1n) is 21.2. The number of fused-ring (bicyclic) bond motifs is 2. The minimum absolute atomic E-state index is 0.0252. The summed E-state index contributed by atoms with van der Waals surface area (Å²) in [4.78, 5) is 81.0. The first-order chi connectivity index (χ1) is 29.0. The number of Topliss-reactive ketones (excluding diaryl/α,β-unsaturated/α-hetero) is 1. The lowest BCUT2D eigenvalue weighted by Crippen LogP contribution is -2.62. The third-order valence-electron chi connectivity index (χ3n) is 11.1. The van der Waals surface area contributed by atoms with Crippen LogP contribution in [0.15, 0.2) is 72.4 Å². The zero-order valence-corrected chi connectivity index (χ0v) is 36.6. The molecule has 0 radical (unpaired) electrons. The number of allylic oxidation sites excluding steroid dienone is 4. The SMILES string of the molecule is CC(=O)CC[C@H]1C(=O)N[C@@H](C(C)C)C(=O)N[C@@H](Cc2cccc(O)c2)C(=O)N2CCCC(N2)C(=O)O[C@H](/C(C)=C/C=C/C(=O)N2CCCCS2)C/C=C/C=C/[C@H](O)[C@H](C)[C@H]1O. The molecule has 2 fully saturated rings. The molecule has 6 N–H and O–H groups in total. The number of ether oxygens (including phenoxy) is 1. The highest BCUT2D eigenvalue weighted by atomic mass is 32.2. The number of benzene rings is 1. The predicted octanol–water partition coefficient (Wildman–Crippen LogP) is 3.60. The Hall–Kier alpha value is -4.77. The normalized spacial score (nSPS) is 29.2. The Bertz CT molecular complexity index is 1830. The summed E-state index contributed by atoms with van der Waals surface area (Å²) in [5.74, 6) is -4.58. The summed E-state index contributed by atoms with van der Waals surface area (Å²) in [6, 6.07) is 2.95. The fraction of sp³-hybridized carbons (Fsp3) is 0.556. The van der Waals surface area contributed by atoms with E-state index in [9.17, 15) is 44.1 Å². The molecule has 16 heteroatoms. The molecule has 4 rings (SSSR count). The Kier molecular flexibility index (Phi) is 19.3. The van der Waals surface area contributed by atoms with E-state index in [2.05, 4.69) is 16.1 Å². The van der Waals surface area contributed by atoms with Crippen molar-refractivity contribution in [2.24, 2.45) is 17.8 Å². The number of nitrogens with one attached hydrogen (secondary N) is 3. The molecule has 15 nitrogen and oxygen atoms in total. The first kappa shape index (κ1) is 48.9. The number of carbonyl (C=O) groups is 6. The number of phenolic OH excluding ortho intramolecular Hbond substituents is 1. The van der Waals surface area contributed by atoms with Gasteiger partial charge in [0.2, 0.25) is 11.8 Å². The van der Waals surface area contributed by atoms with E-state index in [1.54, 1.807) is 74.5 Å². The molecular formula is C45H63N5O10S. The van der Waals surface area contributed by atoms with Gasteiger partial charge in [-0.15, -0.1) is 0 Å². The first-order valence-corrected chi connectivity index (χ1v) is 22.1. The quantitative estimate of drug-likeness (QED) is 0.0910. The maximum atomic E-state index is 14.4. The van der Waals surface area contributed by atoms with Crippen LogP contribution in [0.4, 0.5) is 0 Å². The Morgan fingerprint density at radius 3 is 2.48 bits per heavy atom. The van der Waals surface area contributed by atoms with Crippen LogP contribution in [0, 0.1) is 17.8 Å². The molecule has 3 aliphatic rings. The number of nitrogens with zero attached hydrogens (tertiary/aromatic N) is 2. The maximum Gasteiger partial charge on any atom is 0.325 e. The molecule has 1 unspecified atom stereocenters. The largest absolute Gasteiger partial charge is 0.508 e. The van der Waals surface area contributed by atoms with Crippen molar-refractivity contribution in [2.45, 2.75) is 122 Å². The van der Waals surface area contributed by atoms with Crippen LogP contribution in [-0.4, -0.2) is 115 Å². The van der Waals surface area contributed by atoms with Gasteiger partial charge in [0, 0.05) is 50.1 Å². The standard InChI is InChI=1S/C45H63N5O10S/c1-28(2)40-43(57)46-36(27-32-15-12-16-33(52)26-32)44(58)49-23-13-17-35(48-49)45(59)60-38(29(3)14-11-20-39(54)50-24-9-10-25-61-50)19-8-6-7-18-37(53)31(5)41(55)34(42(56)47-40)22-21-30(4)51/h6-8,11-12,14-16,18,20,26,28,31,34-38,40-41,48,52-53,55H,9-10,13,17,19,21-25,27H2,1-5H3,(H,46,57)(H,47,56)/b8-6+,18-7+,20-11+,29-14+/t31-,34+,35?,36-,37-,38-,40-,41+/m0/s1. The highest BCUT2D eigenvalue weighted by Crippen LogP contribution is 2.25. The van der Waals surface area contributed by atoms with Crippen molar-refractivity contribution in [1.29, 1.82) is 0 Å². The fourth-order valence-electron chi connectivity index (χ4n) is 7.29. The summed E-state index contributed by atoms with van der Waals surface area (Å²) in [5, 5.41) is 39.6. The Labute approximate surface area is 363 Å². The van der Waals surface area contributed by atoms with Gasteiger partial charge in [-0.3, -0.25) is 33.3 Å². The average molecular weight is 866 g/mol. The number of hydrazine groups is 1. The molecule has 3 heterocycles. The van der Waals surface area contributed by atoms with Gasteiger partial charge < -0.3 is 35.5 Å². The molecule has 2 saturated heterocycles. The van der Waals surface area contributed by atoms with Crippen molar-refractivity contribution in [1.82, 2.24) is 25.4 Å². The van der Waals surface area contributed by atoms with Gasteiger partial charge >= 0.3 is 5.97 Å². The van der Waals surface area contributed by atoms with Gasteiger partial charge in [0.05, 0.1) is 18.1 Å². The molecule has 0 aliphatic carbocycles. The average Bonchev–Trinajstić information content (AvgIpc) is 3.23. The number of ketones is 1. The van der Waals surface area contributed by atoms with Crippen molar-refractivity contribution >= 4 is 47.3 Å². The van der Waals surface area contributed by atoms with Crippen LogP contribution < -0.4 is 16.1 Å². The zero-order chi connectivity index (χ0) is 44.6. The molecule has 0 saturated carbocycles. The van der Waals surface area contributed by atoms with Gasteiger partial charge in [0.1, 0.15) is 35.8 Å². The highest BCUT2D eigenvalue weighted by Gasteiger charge is 2.38. The highest BCUT2D eigenvalue weighted by molar-refractivity contribution is 7.97. The number of rotatable bonds is 9. The minimum atomic E-state index is -1.42. The van der Waals surface area contributed by atoms with Gasteiger partial charge in [-0.1, -0.05) is 69.4 Å². The van der Waals surface area contributed by atoms with Gasteiger partial charge in [0.25, 0.3) is 11.8 Å². The lowest BCUT2D eigenvalue weighted by atomic mass is 9.84. The molecular weight excluding hydrogens is 803 g/mol. The number of esters is 1. The van der Waals surface area contributed by atoms with Gasteiger partial charge in [-0.05, 0) is 87.1 Å². The van der Waals surface area contributed by atoms with Crippen molar-refractivity contribution < 1.29 is 48.8 Å². The fourth-order valence-corrected chi connectivity index (χ4v) is 8.29. The van der Waals surface area contributed by atoms with Crippen molar-refractivity contribution in [3.05, 3.63) is 77.9 Å². The second-order valence-electron chi connectivity index (χ2n) is 16.4. The van der Waals surface area contributed by atoms with Crippen molar-refractivity contribution in [3.8, 4) is 5.75 Å². The van der Waals surface area contributed by atoms with E-state index in [0.29, 0.717) is 30.5 Å². The molecule has 2 bridgehead atoms. The van der Waals surface area contributed by atoms with Crippen molar-refractivity contribution in [2.75, 3.05) is 18.8 Å². The molecule has 4 amide bonds. The number of hydrogen-bond acceptors (Lipinski definition) is 12. The molecule has 1 aromatic carbocycles. The number of aliphatic hydroxyl groups excluding tert-OH is 2. The monoisotopic (exact) mass is 865 g/mol. The van der Waals surface area contributed by atoms with E-state index in [1.807, 2.05) is 0 Å². The molecule has 3 aliphatic heterocycles. The topological polar surface area (TPSA) is 215 Å². The maximum absolute atomic E-state index is 14.4. The molecule has 334 valence electrons. The van der Waals surface area contributed by atoms with Crippen molar-refractivity contribution in [3.63, 3.8) is 0 Å². The smallest absolute Gasteiger partial charge is 0.325 e. The van der Waals surface area contributed by atoms with Gasteiger partial charge in [-0.25, -0.2) is 5.43 Å². The summed E-state index contributed by atoms with van der Waals surface area (Å²) in [5.41, 5.74) is 4.20. The molecule has 1 aromatic rings. The number of carbonyl (C=O) groups excluding carboxylic acids is 6. The van der Waals surface area contributed by atoms with E-state index >= 15 is 0 Å². The Morgan fingerprint density at radius 1 is 1.02 bits per heavy atom. The predicted molar refractivity (Wildman–Crippen MR) is 232 cm³/mol. The van der Waals surface area contributed by atoms with Crippen LogP contribution >= 0.6 is 11.9 Å². The second-order valence-corrected chi connectivity index (χ2v) is 17.5. The van der Waals surface area contributed by atoms with E-state index < -0.39 is 77.9 Å². The van der Waals surface area contributed by atoms with Crippen LogP contribution in [-0.2, 0) is 39.9 Å². The summed E-state index contributed by atoms with van der Waals surface area (Å²) < 4.78 is 7.79. The van der Waals surface area contributed by atoms with Crippen LogP contribution in [0.2, 0.25) is 0 Å². The molecule has 61 heavy (non-hydrogen) atoms. The zero-order valence-electron chi connectivity index (χ0n) is 35.8. The second kappa shape index (κ2) is 24.0. The number of hydrogen-bond donors (Lipinski definition) is 6. The number of aromatic hydroxyl groups is 1. The van der Waals surface area contributed by atoms with E-state index in [1.165, 1.54) is 48.2 Å². The number of phenols is 1. The van der Waals surface area contributed by atoms with E-state index in [-0.39, 0.29) is 49.7 Å². The minimum Gasteiger partial charge on any atom is -0.508 e. The van der Waals surface area contributed by atoms with Gasteiger partial charge in [0.15, 0.2) is 0 Å². The number of cyclic esters (lactones) is 1. The van der Waals surface area contributed by atoms with Crippen LogP contribution in [0.3, 0.4) is 0 Å². The molecule has 8 atom stereocenters. The molecule has 0 spiro atoms. The summed E-state index contributed by atoms with van der Waals surface area (Å²) in [6.45, 7) is 9.04. The van der Waals surface area contributed by atoms with E-state index in [4.69, 9.17) is 4.74 Å². The Balaban J connectivity index is 1.70. The summed E-state index contributed by atoms with van der Waals surface area (Å²) in [6.07, 6.45) is 10.8. The lowest BCUT2D eigenvalue weighted by Gasteiger charge is -2.36. The van der Waals surface area contributed by atoms with Crippen LogP contribution in [0.5, 0.6) is 5.75 Å². The van der Waals surface area contributed by atoms with Crippen LogP contribution in [0.1, 0.15) is 85.1 Å². The summed E-state index contributed by atoms with van der Waals surface area (Å²) >= 11 is 1.50. The third kappa shape index (κ3) is 15.0. The molecule has 0 aromatic heterocycles.